The number of carbonyl (C=O) groups excluding carboxylic acids is 1. The molecular formula is C23H27N3O2. The predicted molar refractivity (Wildman–Crippen MR) is 110 cm³/mol. The third kappa shape index (κ3) is 5.28. The van der Waals surface area contributed by atoms with E-state index in [-0.39, 0.29) is 11.9 Å². The lowest BCUT2D eigenvalue weighted by Gasteiger charge is -2.26. The van der Waals surface area contributed by atoms with Crippen LogP contribution >= 0.6 is 0 Å². The van der Waals surface area contributed by atoms with Crippen LogP contribution < -0.4 is 0 Å². The molecule has 3 rings (SSSR count). The molecule has 0 unspecified atom stereocenters. The van der Waals surface area contributed by atoms with Crippen molar-refractivity contribution in [3.05, 3.63) is 71.6 Å². The maximum Gasteiger partial charge on any atom is 0.228 e. The topological polar surface area (TPSA) is 59.2 Å². The average molecular weight is 377 g/mol. The van der Waals surface area contributed by atoms with Gasteiger partial charge in [-0.2, -0.15) is 4.98 Å². The summed E-state index contributed by atoms with van der Waals surface area (Å²) < 4.78 is 5.39. The van der Waals surface area contributed by atoms with Gasteiger partial charge in [-0.3, -0.25) is 4.79 Å². The number of rotatable bonds is 8. The second kappa shape index (κ2) is 9.31. The van der Waals surface area contributed by atoms with Gasteiger partial charge in [0.05, 0.1) is 0 Å². The molecule has 1 aromatic heterocycles. The highest BCUT2D eigenvalue weighted by atomic mass is 16.5. The second-order valence-corrected chi connectivity index (χ2v) is 7.29. The summed E-state index contributed by atoms with van der Waals surface area (Å²) in [6, 6.07) is 18.2. The van der Waals surface area contributed by atoms with Gasteiger partial charge in [-0.25, -0.2) is 0 Å². The lowest BCUT2D eigenvalue weighted by atomic mass is 10.1. The van der Waals surface area contributed by atoms with Crippen LogP contribution in [0.2, 0.25) is 0 Å². The Morgan fingerprint density at radius 2 is 1.75 bits per heavy atom. The fraction of sp³-hybridized carbons (Fsp3) is 0.348. The highest BCUT2D eigenvalue weighted by Gasteiger charge is 2.18. The first kappa shape index (κ1) is 19.8. The number of hydrogen-bond donors (Lipinski definition) is 0. The Bertz CT molecular complexity index is 886. The molecule has 0 bridgehead atoms. The van der Waals surface area contributed by atoms with E-state index in [4.69, 9.17) is 4.52 Å². The molecule has 0 aliphatic heterocycles. The third-order valence-corrected chi connectivity index (χ3v) is 4.76. The maximum atomic E-state index is 12.7. The monoisotopic (exact) mass is 377 g/mol. The first-order valence-electron chi connectivity index (χ1n) is 9.76. The molecule has 0 aliphatic rings. The average Bonchev–Trinajstić information content (AvgIpc) is 3.16. The summed E-state index contributed by atoms with van der Waals surface area (Å²) in [5, 5.41) is 4.07. The Hall–Kier alpha value is -2.95. The van der Waals surface area contributed by atoms with Crippen molar-refractivity contribution in [1.29, 1.82) is 0 Å². The largest absolute Gasteiger partial charge is 0.340 e. The van der Waals surface area contributed by atoms with Gasteiger partial charge >= 0.3 is 0 Å². The Morgan fingerprint density at radius 3 is 2.43 bits per heavy atom. The van der Waals surface area contributed by atoms with Gasteiger partial charge in [0.1, 0.15) is 0 Å². The van der Waals surface area contributed by atoms with Gasteiger partial charge in [-0.05, 0) is 32.8 Å². The minimum Gasteiger partial charge on any atom is -0.340 e. The van der Waals surface area contributed by atoms with Gasteiger partial charge in [0.25, 0.3) is 0 Å². The molecule has 0 aliphatic carbocycles. The lowest BCUT2D eigenvalue weighted by Crippen LogP contribution is -2.38. The van der Waals surface area contributed by atoms with E-state index in [0.29, 0.717) is 31.1 Å². The molecule has 0 N–H and O–H groups in total. The smallest absolute Gasteiger partial charge is 0.228 e. The molecule has 0 saturated carbocycles. The molecule has 0 fully saturated rings. The van der Waals surface area contributed by atoms with Crippen molar-refractivity contribution in [1.82, 2.24) is 15.0 Å². The third-order valence-electron chi connectivity index (χ3n) is 4.76. The highest BCUT2D eigenvalue weighted by molar-refractivity contribution is 5.76. The van der Waals surface area contributed by atoms with E-state index in [9.17, 15) is 4.79 Å². The quantitative estimate of drug-likeness (QED) is 0.582. The van der Waals surface area contributed by atoms with Gasteiger partial charge in [0.2, 0.25) is 17.6 Å². The number of hydrogen-bond acceptors (Lipinski definition) is 4. The molecule has 2 aromatic carbocycles. The first-order valence-corrected chi connectivity index (χ1v) is 9.76. The molecule has 28 heavy (non-hydrogen) atoms. The molecule has 0 atom stereocenters. The first-order chi connectivity index (χ1) is 13.5. The van der Waals surface area contributed by atoms with Crippen molar-refractivity contribution in [2.24, 2.45) is 0 Å². The van der Waals surface area contributed by atoms with Gasteiger partial charge in [-0.15, -0.1) is 0 Å². The zero-order valence-corrected chi connectivity index (χ0v) is 16.8. The van der Waals surface area contributed by atoms with Crippen molar-refractivity contribution in [3.63, 3.8) is 0 Å². The summed E-state index contributed by atoms with van der Waals surface area (Å²) in [5.41, 5.74) is 3.30. The highest BCUT2D eigenvalue weighted by Crippen LogP contribution is 2.17. The molecular weight excluding hydrogens is 350 g/mol. The van der Waals surface area contributed by atoms with Crippen LogP contribution in [0.25, 0.3) is 11.4 Å². The SMILES string of the molecule is Cc1ccc(-c2noc(CCN(C(=O)CCc3ccccc3)C(C)C)n2)cc1. The van der Waals surface area contributed by atoms with E-state index >= 15 is 0 Å². The molecule has 0 saturated heterocycles. The van der Waals surface area contributed by atoms with Crippen molar-refractivity contribution >= 4 is 5.91 Å². The van der Waals surface area contributed by atoms with Gasteiger partial charge in [0, 0.05) is 31.0 Å². The summed E-state index contributed by atoms with van der Waals surface area (Å²) in [6.07, 6.45) is 1.80. The minimum atomic E-state index is 0.128. The summed E-state index contributed by atoms with van der Waals surface area (Å²) in [6.45, 7) is 6.68. The molecule has 0 radical (unpaired) electrons. The van der Waals surface area contributed by atoms with Crippen molar-refractivity contribution < 1.29 is 9.32 Å². The van der Waals surface area contributed by atoms with Gasteiger partial charge < -0.3 is 9.42 Å². The molecule has 1 heterocycles. The van der Waals surface area contributed by atoms with Crippen molar-refractivity contribution in [2.45, 2.75) is 46.1 Å². The number of amides is 1. The number of carbonyl (C=O) groups is 1. The van der Waals surface area contributed by atoms with Crippen molar-refractivity contribution in [2.75, 3.05) is 6.54 Å². The minimum absolute atomic E-state index is 0.128. The molecule has 1 amide bonds. The molecule has 146 valence electrons. The fourth-order valence-corrected chi connectivity index (χ4v) is 3.10. The van der Waals surface area contributed by atoms with E-state index in [0.717, 1.165) is 12.0 Å². The van der Waals surface area contributed by atoms with E-state index in [1.165, 1.54) is 11.1 Å². The van der Waals surface area contributed by atoms with Crippen LogP contribution in [0.1, 0.15) is 37.3 Å². The molecule has 3 aromatic rings. The number of benzene rings is 2. The molecule has 5 heteroatoms. The van der Waals surface area contributed by atoms with Crippen LogP contribution in [0.15, 0.2) is 59.1 Å². The van der Waals surface area contributed by atoms with Crippen molar-refractivity contribution in [3.8, 4) is 11.4 Å². The van der Waals surface area contributed by atoms with E-state index in [2.05, 4.69) is 22.3 Å². The van der Waals surface area contributed by atoms with E-state index < -0.39 is 0 Å². The summed E-state index contributed by atoms with van der Waals surface area (Å²) in [5.74, 6) is 1.29. The Kier molecular flexibility index (Phi) is 6.58. The normalized spacial score (nSPS) is 11.0. The summed E-state index contributed by atoms with van der Waals surface area (Å²) >= 11 is 0. The zero-order valence-electron chi connectivity index (χ0n) is 16.8. The summed E-state index contributed by atoms with van der Waals surface area (Å²) in [7, 11) is 0. The van der Waals surface area contributed by atoms with Crippen LogP contribution in [0.3, 0.4) is 0 Å². The molecule has 5 nitrogen and oxygen atoms in total. The Labute approximate surface area is 166 Å². The number of aryl methyl sites for hydroxylation is 2. The standard InChI is InChI=1S/C23H27N3O2/c1-17(2)26(22(27)14-11-19-7-5-4-6-8-19)16-15-21-24-23(25-28-21)20-12-9-18(3)10-13-20/h4-10,12-13,17H,11,14-16H2,1-3H3. The maximum absolute atomic E-state index is 12.7. The lowest BCUT2D eigenvalue weighted by molar-refractivity contribution is -0.132. The zero-order chi connectivity index (χ0) is 19.9. The van der Waals surface area contributed by atoms with E-state index in [1.807, 2.05) is 68.1 Å². The van der Waals surface area contributed by atoms with Crippen LogP contribution in [-0.4, -0.2) is 33.5 Å². The van der Waals surface area contributed by atoms with Crippen LogP contribution in [-0.2, 0) is 17.6 Å². The predicted octanol–water partition coefficient (Wildman–Crippen LogP) is 4.46. The van der Waals surface area contributed by atoms with Gasteiger partial charge in [-0.1, -0.05) is 65.3 Å². The Morgan fingerprint density at radius 1 is 1.04 bits per heavy atom. The van der Waals surface area contributed by atoms with Crippen LogP contribution in [0, 0.1) is 6.92 Å². The second-order valence-electron chi connectivity index (χ2n) is 7.29. The number of aromatic nitrogens is 2. The van der Waals surface area contributed by atoms with Gasteiger partial charge in [0.15, 0.2) is 0 Å². The van der Waals surface area contributed by atoms with Crippen LogP contribution in [0.4, 0.5) is 0 Å². The van der Waals surface area contributed by atoms with Crippen LogP contribution in [0.5, 0.6) is 0 Å². The number of nitrogens with zero attached hydrogens (tertiary/aromatic N) is 3. The summed E-state index contributed by atoms with van der Waals surface area (Å²) in [4.78, 5) is 19.1. The molecule has 0 spiro atoms. The van der Waals surface area contributed by atoms with E-state index in [1.54, 1.807) is 0 Å². The Balaban J connectivity index is 1.57. The fourth-order valence-electron chi connectivity index (χ4n) is 3.10.